The van der Waals surface area contributed by atoms with Gasteiger partial charge in [-0.05, 0) is 25.5 Å². The minimum absolute atomic E-state index is 0.118. The Kier molecular flexibility index (Phi) is 5.88. The summed E-state index contributed by atoms with van der Waals surface area (Å²) in [5.41, 5.74) is 1.18. The number of nitrogens with zero attached hydrogens (tertiary/aromatic N) is 4. The number of carbonyl (C=O) groups excluding carboxylic acids is 1. The van der Waals surface area contributed by atoms with Crippen LogP contribution in [0.5, 0.6) is 0 Å². The molecule has 0 radical (unpaired) electrons. The summed E-state index contributed by atoms with van der Waals surface area (Å²) >= 11 is 0. The SMILES string of the molecule is CCOC(=O)N1CCN(c2ccnc(NC(C)c3ccccc3)n2)CC1. The van der Waals surface area contributed by atoms with Crippen molar-refractivity contribution >= 4 is 17.9 Å². The highest BCUT2D eigenvalue weighted by atomic mass is 16.6. The highest BCUT2D eigenvalue weighted by Crippen LogP contribution is 2.19. The topological polar surface area (TPSA) is 70.6 Å². The predicted molar refractivity (Wildman–Crippen MR) is 101 cm³/mol. The molecule has 7 heteroatoms. The number of benzene rings is 1. The highest BCUT2D eigenvalue weighted by Gasteiger charge is 2.23. The van der Waals surface area contributed by atoms with Crippen molar-refractivity contribution < 1.29 is 9.53 Å². The van der Waals surface area contributed by atoms with Crippen molar-refractivity contribution in [1.82, 2.24) is 14.9 Å². The molecule has 1 atom stereocenters. The molecule has 2 aromatic rings. The molecule has 0 aliphatic carbocycles. The number of piperazine rings is 1. The highest BCUT2D eigenvalue weighted by molar-refractivity contribution is 5.68. The fourth-order valence-electron chi connectivity index (χ4n) is 2.95. The summed E-state index contributed by atoms with van der Waals surface area (Å²) in [6, 6.07) is 12.2. The average molecular weight is 355 g/mol. The van der Waals surface area contributed by atoms with Gasteiger partial charge in [-0.2, -0.15) is 4.98 Å². The van der Waals surface area contributed by atoms with Crippen LogP contribution in [0.4, 0.5) is 16.6 Å². The average Bonchev–Trinajstić information content (AvgIpc) is 2.69. The number of nitrogens with one attached hydrogen (secondary N) is 1. The summed E-state index contributed by atoms with van der Waals surface area (Å²) in [5.74, 6) is 1.47. The van der Waals surface area contributed by atoms with Crippen molar-refractivity contribution in [3.05, 3.63) is 48.2 Å². The molecule has 1 amide bonds. The first-order valence-corrected chi connectivity index (χ1v) is 8.98. The third-order valence-corrected chi connectivity index (χ3v) is 4.42. The molecule has 1 N–H and O–H groups in total. The van der Waals surface area contributed by atoms with Crippen LogP contribution in [0, 0.1) is 0 Å². The Morgan fingerprint density at radius 3 is 2.62 bits per heavy atom. The monoisotopic (exact) mass is 355 g/mol. The maximum Gasteiger partial charge on any atom is 0.409 e. The normalized spacial score (nSPS) is 15.5. The minimum Gasteiger partial charge on any atom is -0.450 e. The van der Waals surface area contributed by atoms with Crippen molar-refractivity contribution in [2.75, 3.05) is 43.0 Å². The van der Waals surface area contributed by atoms with Crippen LogP contribution in [0.15, 0.2) is 42.6 Å². The van der Waals surface area contributed by atoms with Gasteiger partial charge < -0.3 is 19.9 Å². The molecule has 0 spiro atoms. The maximum atomic E-state index is 11.8. The van der Waals surface area contributed by atoms with Gasteiger partial charge in [0.15, 0.2) is 0 Å². The molecule has 1 unspecified atom stereocenters. The van der Waals surface area contributed by atoms with Gasteiger partial charge in [0.2, 0.25) is 5.95 Å². The number of carbonyl (C=O) groups is 1. The van der Waals surface area contributed by atoms with Crippen molar-refractivity contribution in [3.8, 4) is 0 Å². The standard InChI is InChI=1S/C19H25N5O2/c1-3-26-19(25)24-13-11-23(12-14-24)17-9-10-20-18(22-17)21-15(2)16-7-5-4-6-8-16/h4-10,15H,3,11-14H2,1-2H3,(H,20,21,22). The van der Waals surface area contributed by atoms with Gasteiger partial charge in [-0.3, -0.25) is 0 Å². The van der Waals surface area contributed by atoms with E-state index in [9.17, 15) is 4.79 Å². The number of anilines is 2. The van der Waals surface area contributed by atoms with E-state index in [1.807, 2.05) is 31.2 Å². The van der Waals surface area contributed by atoms with E-state index in [0.717, 1.165) is 18.9 Å². The van der Waals surface area contributed by atoms with E-state index in [1.54, 1.807) is 11.1 Å². The van der Waals surface area contributed by atoms with Crippen molar-refractivity contribution in [3.63, 3.8) is 0 Å². The van der Waals surface area contributed by atoms with Gasteiger partial charge in [0.05, 0.1) is 12.6 Å². The summed E-state index contributed by atoms with van der Waals surface area (Å²) in [6.45, 7) is 7.02. The number of amides is 1. The third kappa shape index (κ3) is 4.41. The van der Waals surface area contributed by atoms with Crippen LogP contribution >= 0.6 is 0 Å². The zero-order chi connectivity index (χ0) is 18.4. The first-order valence-electron chi connectivity index (χ1n) is 8.98. The summed E-state index contributed by atoms with van der Waals surface area (Å²) in [4.78, 5) is 24.7. The van der Waals surface area contributed by atoms with Gasteiger partial charge in [0, 0.05) is 32.4 Å². The fraction of sp³-hybridized carbons (Fsp3) is 0.421. The van der Waals surface area contributed by atoms with Crippen LogP contribution in [0.3, 0.4) is 0 Å². The molecule has 0 saturated carbocycles. The first-order chi connectivity index (χ1) is 12.7. The van der Waals surface area contributed by atoms with E-state index in [2.05, 4.69) is 39.2 Å². The molecule has 1 aliphatic heterocycles. The van der Waals surface area contributed by atoms with Gasteiger partial charge in [-0.25, -0.2) is 9.78 Å². The zero-order valence-electron chi connectivity index (χ0n) is 15.3. The molecule has 26 heavy (non-hydrogen) atoms. The summed E-state index contributed by atoms with van der Waals surface area (Å²) < 4.78 is 5.06. The molecule has 3 rings (SSSR count). The molecular weight excluding hydrogens is 330 g/mol. The summed E-state index contributed by atoms with van der Waals surface area (Å²) in [6.07, 6.45) is 1.52. The van der Waals surface area contributed by atoms with Crippen molar-refractivity contribution in [1.29, 1.82) is 0 Å². The quantitative estimate of drug-likeness (QED) is 0.889. The smallest absolute Gasteiger partial charge is 0.409 e. The van der Waals surface area contributed by atoms with Crippen LogP contribution in [-0.2, 0) is 4.74 Å². The van der Waals surface area contributed by atoms with E-state index in [0.29, 0.717) is 25.6 Å². The number of ether oxygens (including phenoxy) is 1. The Morgan fingerprint density at radius 1 is 1.19 bits per heavy atom. The molecule has 1 aromatic carbocycles. The van der Waals surface area contributed by atoms with Gasteiger partial charge in [0.1, 0.15) is 5.82 Å². The third-order valence-electron chi connectivity index (χ3n) is 4.42. The van der Waals surface area contributed by atoms with Crippen LogP contribution in [0.25, 0.3) is 0 Å². The lowest BCUT2D eigenvalue weighted by Crippen LogP contribution is -2.49. The van der Waals surface area contributed by atoms with Crippen LogP contribution < -0.4 is 10.2 Å². The summed E-state index contributed by atoms with van der Waals surface area (Å²) in [7, 11) is 0. The van der Waals surface area contributed by atoms with E-state index in [1.165, 1.54) is 5.56 Å². The molecule has 1 saturated heterocycles. The van der Waals surface area contributed by atoms with E-state index >= 15 is 0 Å². The number of aromatic nitrogens is 2. The largest absolute Gasteiger partial charge is 0.450 e. The number of hydrogen-bond donors (Lipinski definition) is 1. The van der Waals surface area contributed by atoms with Crippen LogP contribution in [0.1, 0.15) is 25.5 Å². The Bertz CT molecular complexity index is 717. The van der Waals surface area contributed by atoms with Crippen LogP contribution in [-0.4, -0.2) is 53.7 Å². The van der Waals surface area contributed by atoms with Crippen LogP contribution in [0.2, 0.25) is 0 Å². The Labute approximate surface area is 154 Å². The molecular formula is C19H25N5O2. The number of hydrogen-bond acceptors (Lipinski definition) is 6. The van der Waals surface area contributed by atoms with E-state index < -0.39 is 0 Å². The van der Waals surface area contributed by atoms with Crippen molar-refractivity contribution in [2.45, 2.75) is 19.9 Å². The Hall–Kier alpha value is -2.83. The lowest BCUT2D eigenvalue weighted by atomic mass is 10.1. The van der Waals surface area contributed by atoms with Gasteiger partial charge in [-0.1, -0.05) is 30.3 Å². The molecule has 0 bridgehead atoms. The fourth-order valence-corrected chi connectivity index (χ4v) is 2.95. The van der Waals surface area contributed by atoms with Gasteiger partial charge >= 0.3 is 6.09 Å². The van der Waals surface area contributed by atoms with E-state index in [-0.39, 0.29) is 12.1 Å². The Morgan fingerprint density at radius 2 is 1.92 bits per heavy atom. The molecule has 1 aromatic heterocycles. The second-order valence-electron chi connectivity index (χ2n) is 6.19. The molecule has 2 heterocycles. The lowest BCUT2D eigenvalue weighted by molar-refractivity contribution is 0.105. The predicted octanol–water partition coefficient (Wildman–Crippen LogP) is 2.93. The van der Waals surface area contributed by atoms with Gasteiger partial charge in [-0.15, -0.1) is 0 Å². The molecule has 1 aliphatic rings. The summed E-state index contributed by atoms with van der Waals surface area (Å²) in [5, 5.41) is 3.35. The lowest BCUT2D eigenvalue weighted by Gasteiger charge is -2.34. The van der Waals surface area contributed by atoms with Gasteiger partial charge in [0.25, 0.3) is 0 Å². The minimum atomic E-state index is -0.242. The maximum absolute atomic E-state index is 11.8. The first kappa shape index (κ1) is 18.0. The molecule has 7 nitrogen and oxygen atoms in total. The number of rotatable bonds is 5. The second kappa shape index (κ2) is 8.51. The molecule has 138 valence electrons. The molecule has 1 fully saturated rings. The zero-order valence-corrected chi connectivity index (χ0v) is 15.3. The second-order valence-corrected chi connectivity index (χ2v) is 6.19. The Balaban J connectivity index is 1.60. The van der Waals surface area contributed by atoms with E-state index in [4.69, 9.17) is 4.74 Å². The van der Waals surface area contributed by atoms with Crippen molar-refractivity contribution in [2.24, 2.45) is 0 Å².